The molecule has 0 aliphatic carbocycles. The number of methoxy groups -OCH3 is 1. The maximum Gasteiger partial charge on any atom is 0.275 e. The lowest BCUT2D eigenvalue weighted by atomic mass is 10.3. The van der Waals surface area contributed by atoms with Gasteiger partial charge in [0.15, 0.2) is 0 Å². The third-order valence-corrected chi connectivity index (χ3v) is 1.54. The van der Waals surface area contributed by atoms with Crippen LogP contribution in [0.1, 0.15) is 0 Å². The lowest BCUT2D eigenvalue weighted by molar-refractivity contribution is 0.397. The molecule has 3 nitrogen and oxygen atoms in total. The Morgan fingerprint density at radius 2 is 2.00 bits per heavy atom. The highest BCUT2D eigenvalue weighted by Gasteiger charge is 1.90. The van der Waals surface area contributed by atoms with Gasteiger partial charge in [0.2, 0.25) is 0 Å². The fraction of sp³-hybridized carbons (Fsp3) is 0.125. The first-order valence-corrected chi connectivity index (χ1v) is 3.89. The Labute approximate surface area is 76.7 Å². The molecule has 1 rings (SSSR count). The summed E-state index contributed by atoms with van der Waals surface area (Å²) >= 11 is 4.76. The van der Waals surface area contributed by atoms with Crippen molar-refractivity contribution in [3.8, 4) is 0 Å². The number of thiocarbonyl (C=S) groups is 1. The van der Waals surface area contributed by atoms with Crippen LogP contribution in [0, 0.1) is 0 Å². The molecule has 0 radical (unpaired) electrons. The average molecular weight is 182 g/mol. The van der Waals surface area contributed by atoms with Crippen molar-refractivity contribution in [2.45, 2.75) is 0 Å². The Hall–Kier alpha value is -1.29. The number of benzene rings is 1. The third kappa shape index (κ3) is 2.75. The van der Waals surface area contributed by atoms with E-state index >= 15 is 0 Å². The van der Waals surface area contributed by atoms with Gasteiger partial charge >= 0.3 is 0 Å². The van der Waals surface area contributed by atoms with Crippen molar-refractivity contribution in [1.29, 1.82) is 0 Å². The van der Waals surface area contributed by atoms with Crippen molar-refractivity contribution < 1.29 is 4.74 Å². The molecule has 0 bridgehead atoms. The summed E-state index contributed by atoms with van der Waals surface area (Å²) in [4.78, 5) is 0. The quantitative estimate of drug-likeness (QED) is 0.537. The van der Waals surface area contributed by atoms with E-state index in [0.29, 0.717) is 5.17 Å². The normalized spacial score (nSPS) is 8.75. The van der Waals surface area contributed by atoms with Gasteiger partial charge in [0, 0.05) is 0 Å². The SMILES string of the molecule is COC(=S)NNc1ccccc1. The standard InChI is InChI=1S/C8H10N2OS/c1-11-8(12)10-9-7-5-3-2-4-6-7/h2-6,9H,1H3,(H,10,12). The molecule has 0 aliphatic heterocycles. The molecule has 0 fully saturated rings. The second-order valence-electron chi connectivity index (χ2n) is 2.11. The summed E-state index contributed by atoms with van der Waals surface area (Å²) in [7, 11) is 1.52. The molecule has 2 N–H and O–H groups in total. The highest BCUT2D eigenvalue weighted by molar-refractivity contribution is 7.80. The molecule has 0 aliphatic rings. The Balaban J connectivity index is 2.38. The number of para-hydroxylation sites is 1. The summed E-state index contributed by atoms with van der Waals surface area (Å²) in [6.45, 7) is 0. The zero-order valence-corrected chi connectivity index (χ0v) is 7.52. The molecule has 0 aromatic heterocycles. The van der Waals surface area contributed by atoms with Crippen molar-refractivity contribution in [2.24, 2.45) is 0 Å². The first-order valence-electron chi connectivity index (χ1n) is 3.48. The Bertz CT molecular complexity index is 250. The summed E-state index contributed by atoms with van der Waals surface area (Å²) in [6.07, 6.45) is 0. The van der Waals surface area contributed by atoms with E-state index in [1.807, 2.05) is 30.3 Å². The molecule has 0 heterocycles. The fourth-order valence-corrected chi connectivity index (χ4v) is 0.747. The first-order chi connectivity index (χ1) is 5.83. The van der Waals surface area contributed by atoms with E-state index in [4.69, 9.17) is 17.0 Å². The number of anilines is 1. The Kier molecular flexibility index (Phi) is 3.35. The number of nitrogens with one attached hydrogen (secondary N) is 2. The molecule has 0 amide bonds. The van der Waals surface area contributed by atoms with Crippen LogP contribution >= 0.6 is 12.2 Å². The zero-order chi connectivity index (χ0) is 8.81. The minimum Gasteiger partial charge on any atom is -0.473 e. The number of hydrogen-bond acceptors (Lipinski definition) is 3. The van der Waals surface area contributed by atoms with Crippen LogP contribution in [0.2, 0.25) is 0 Å². The minimum atomic E-state index is 0.318. The molecular formula is C8H10N2OS. The number of ether oxygens (including phenoxy) is 1. The van der Waals surface area contributed by atoms with Gasteiger partial charge in [0.1, 0.15) is 0 Å². The van der Waals surface area contributed by atoms with E-state index in [1.165, 1.54) is 7.11 Å². The topological polar surface area (TPSA) is 33.3 Å². The van der Waals surface area contributed by atoms with Crippen molar-refractivity contribution in [1.82, 2.24) is 5.43 Å². The summed E-state index contributed by atoms with van der Waals surface area (Å²) in [5.41, 5.74) is 6.53. The van der Waals surface area contributed by atoms with E-state index in [0.717, 1.165) is 5.69 Å². The Morgan fingerprint density at radius 1 is 1.33 bits per heavy atom. The van der Waals surface area contributed by atoms with Crippen LogP contribution in [0.15, 0.2) is 30.3 Å². The Morgan fingerprint density at radius 3 is 2.58 bits per heavy atom. The molecule has 0 unspecified atom stereocenters. The molecule has 1 aromatic rings. The summed E-state index contributed by atoms with van der Waals surface area (Å²) in [5, 5.41) is 0.318. The van der Waals surface area contributed by atoms with Crippen molar-refractivity contribution in [3.05, 3.63) is 30.3 Å². The van der Waals surface area contributed by atoms with Gasteiger partial charge in [0.05, 0.1) is 12.8 Å². The van der Waals surface area contributed by atoms with Crippen molar-refractivity contribution in [2.75, 3.05) is 12.5 Å². The van der Waals surface area contributed by atoms with Gasteiger partial charge in [-0.15, -0.1) is 0 Å². The van der Waals surface area contributed by atoms with Crippen LogP contribution in [0.3, 0.4) is 0 Å². The largest absolute Gasteiger partial charge is 0.473 e. The van der Waals surface area contributed by atoms with Gasteiger partial charge in [-0.25, -0.2) is 0 Å². The van der Waals surface area contributed by atoms with E-state index in [1.54, 1.807) is 0 Å². The van der Waals surface area contributed by atoms with Crippen molar-refractivity contribution in [3.63, 3.8) is 0 Å². The second-order valence-corrected chi connectivity index (χ2v) is 2.48. The van der Waals surface area contributed by atoms with Gasteiger partial charge in [-0.1, -0.05) is 18.2 Å². The molecule has 0 saturated heterocycles. The van der Waals surface area contributed by atoms with Gasteiger partial charge < -0.3 is 4.74 Å². The molecule has 4 heteroatoms. The number of hydrazine groups is 1. The minimum absolute atomic E-state index is 0.318. The number of rotatable bonds is 2. The van der Waals surface area contributed by atoms with Gasteiger partial charge in [-0.05, 0) is 24.4 Å². The van der Waals surface area contributed by atoms with Gasteiger partial charge in [-0.2, -0.15) is 0 Å². The molecule has 0 spiro atoms. The van der Waals surface area contributed by atoms with Crippen LogP contribution in [0.25, 0.3) is 0 Å². The molecule has 64 valence electrons. The maximum atomic E-state index is 4.76. The zero-order valence-electron chi connectivity index (χ0n) is 6.70. The summed E-state index contributed by atoms with van der Waals surface area (Å²) in [6, 6.07) is 9.65. The van der Waals surface area contributed by atoms with Crippen molar-refractivity contribution >= 4 is 23.1 Å². The van der Waals surface area contributed by atoms with Crippen LogP contribution in [0.5, 0.6) is 0 Å². The fourth-order valence-electron chi connectivity index (χ4n) is 0.696. The highest BCUT2D eigenvalue weighted by atomic mass is 32.1. The number of hydrogen-bond donors (Lipinski definition) is 2. The average Bonchev–Trinajstić information content (AvgIpc) is 2.16. The van der Waals surface area contributed by atoms with E-state index < -0.39 is 0 Å². The first kappa shape index (κ1) is 8.80. The molecular weight excluding hydrogens is 172 g/mol. The second kappa shape index (κ2) is 4.56. The third-order valence-electron chi connectivity index (χ3n) is 1.27. The monoisotopic (exact) mass is 182 g/mol. The predicted octanol–water partition coefficient (Wildman–Crippen LogP) is 1.53. The smallest absolute Gasteiger partial charge is 0.275 e. The summed E-state index contributed by atoms with van der Waals surface area (Å²) in [5.74, 6) is 0. The van der Waals surface area contributed by atoms with Crippen LogP contribution in [0.4, 0.5) is 5.69 Å². The van der Waals surface area contributed by atoms with E-state index in [2.05, 4.69) is 10.9 Å². The molecule has 0 atom stereocenters. The van der Waals surface area contributed by atoms with Gasteiger partial charge in [-0.3, -0.25) is 10.9 Å². The molecule has 1 aromatic carbocycles. The van der Waals surface area contributed by atoms with Crippen LogP contribution < -0.4 is 10.9 Å². The summed E-state index contributed by atoms with van der Waals surface area (Å²) < 4.78 is 4.73. The van der Waals surface area contributed by atoms with E-state index in [-0.39, 0.29) is 0 Å². The van der Waals surface area contributed by atoms with E-state index in [9.17, 15) is 0 Å². The van der Waals surface area contributed by atoms with Crippen LogP contribution in [-0.2, 0) is 4.74 Å². The van der Waals surface area contributed by atoms with Gasteiger partial charge in [0.25, 0.3) is 5.17 Å². The molecule has 0 saturated carbocycles. The predicted molar refractivity (Wildman–Crippen MR) is 52.8 cm³/mol. The lowest BCUT2D eigenvalue weighted by Crippen LogP contribution is -2.28. The lowest BCUT2D eigenvalue weighted by Gasteiger charge is -2.08. The maximum absolute atomic E-state index is 4.76. The molecule has 12 heavy (non-hydrogen) atoms. The highest BCUT2D eigenvalue weighted by Crippen LogP contribution is 2.02. The van der Waals surface area contributed by atoms with Crippen LogP contribution in [-0.4, -0.2) is 12.3 Å².